The number of hydrogen-bond donors (Lipinski definition) is 1. The number of benzene rings is 1. The number of amides is 1. The molecule has 0 unspecified atom stereocenters. The van der Waals surface area contributed by atoms with E-state index in [4.69, 9.17) is 11.6 Å². The Morgan fingerprint density at radius 3 is 2.48 bits per heavy atom. The molecule has 0 fully saturated rings. The van der Waals surface area contributed by atoms with Gasteiger partial charge in [0.15, 0.2) is 5.65 Å². The van der Waals surface area contributed by atoms with Gasteiger partial charge in [-0.05, 0) is 24.6 Å². The highest BCUT2D eigenvalue weighted by Gasteiger charge is 2.24. The van der Waals surface area contributed by atoms with Crippen molar-refractivity contribution >= 4 is 46.0 Å². The zero-order chi connectivity index (χ0) is 23.1. The number of thioether (sulfide) groups is 1. The first kappa shape index (κ1) is 23.0. The van der Waals surface area contributed by atoms with Crippen molar-refractivity contribution in [1.29, 1.82) is 0 Å². The van der Waals surface area contributed by atoms with E-state index in [1.165, 1.54) is 11.6 Å². The second-order valence-corrected chi connectivity index (χ2v) is 9.63. The van der Waals surface area contributed by atoms with Crippen molar-refractivity contribution in [2.75, 3.05) is 11.1 Å². The molecule has 1 N–H and O–H groups in total. The average molecular weight is 462 g/mol. The number of aromatic nitrogens is 4. The van der Waals surface area contributed by atoms with Gasteiger partial charge in [0.1, 0.15) is 16.2 Å². The maximum atomic E-state index is 12.8. The van der Waals surface area contributed by atoms with Gasteiger partial charge >= 0.3 is 5.69 Å². The third kappa shape index (κ3) is 4.52. The van der Waals surface area contributed by atoms with E-state index in [0.29, 0.717) is 21.6 Å². The van der Waals surface area contributed by atoms with Crippen LogP contribution in [0, 0.1) is 6.92 Å². The number of halogens is 1. The third-order valence-corrected chi connectivity index (χ3v) is 6.20. The van der Waals surface area contributed by atoms with Crippen molar-refractivity contribution in [3.63, 3.8) is 0 Å². The number of anilines is 1. The number of carbonyl (C=O) groups is 1. The third-order valence-electron chi connectivity index (χ3n) is 4.82. The van der Waals surface area contributed by atoms with Crippen molar-refractivity contribution < 1.29 is 4.79 Å². The fourth-order valence-corrected chi connectivity index (χ4v) is 3.92. The van der Waals surface area contributed by atoms with Gasteiger partial charge in [0.05, 0.1) is 5.75 Å². The van der Waals surface area contributed by atoms with Gasteiger partial charge in [0.25, 0.3) is 5.56 Å². The Hall–Kier alpha value is -2.65. The number of nitrogens with zero attached hydrogens (tertiary/aromatic N) is 4. The van der Waals surface area contributed by atoms with Crippen LogP contribution in [0.25, 0.3) is 11.0 Å². The second-order valence-electron chi connectivity index (χ2n) is 8.26. The van der Waals surface area contributed by atoms with E-state index in [2.05, 4.69) is 15.3 Å². The van der Waals surface area contributed by atoms with Gasteiger partial charge in [-0.3, -0.25) is 18.7 Å². The Kier molecular flexibility index (Phi) is 6.29. The summed E-state index contributed by atoms with van der Waals surface area (Å²) in [5.74, 6) is 0.242. The summed E-state index contributed by atoms with van der Waals surface area (Å²) in [5, 5.41) is 3.98. The number of aryl methyl sites for hydroxylation is 1. The predicted octanol–water partition coefficient (Wildman–Crippen LogP) is 3.02. The SMILES string of the molecule is Cc1c(Cl)cccc1NC(=O)CSc1nc(C(C)(C)C)nc2c1c(=O)n(C)c(=O)n2C. The maximum absolute atomic E-state index is 12.8. The summed E-state index contributed by atoms with van der Waals surface area (Å²) in [6, 6.07) is 5.28. The van der Waals surface area contributed by atoms with E-state index in [1.54, 1.807) is 25.2 Å². The van der Waals surface area contributed by atoms with Gasteiger partial charge < -0.3 is 5.32 Å². The molecule has 0 bridgehead atoms. The fraction of sp³-hybridized carbons (Fsp3) is 0.381. The molecule has 0 aliphatic rings. The molecule has 164 valence electrons. The molecule has 0 saturated heterocycles. The Balaban J connectivity index is 2.02. The first-order chi connectivity index (χ1) is 14.4. The van der Waals surface area contributed by atoms with Gasteiger partial charge in [-0.25, -0.2) is 14.8 Å². The second kappa shape index (κ2) is 8.47. The lowest BCUT2D eigenvalue weighted by molar-refractivity contribution is -0.113. The van der Waals surface area contributed by atoms with E-state index in [1.807, 2.05) is 27.7 Å². The number of hydrogen-bond acceptors (Lipinski definition) is 6. The Labute approximate surface area is 188 Å². The quantitative estimate of drug-likeness (QED) is 0.473. The van der Waals surface area contributed by atoms with Crippen LogP contribution in [0.3, 0.4) is 0 Å². The number of nitrogens with one attached hydrogen (secondary N) is 1. The monoisotopic (exact) mass is 461 g/mol. The highest BCUT2D eigenvalue weighted by atomic mass is 35.5. The molecule has 3 rings (SSSR count). The summed E-state index contributed by atoms with van der Waals surface area (Å²) in [6.07, 6.45) is 0. The zero-order valence-corrected chi connectivity index (χ0v) is 19.8. The van der Waals surface area contributed by atoms with E-state index in [9.17, 15) is 14.4 Å². The average Bonchev–Trinajstić information content (AvgIpc) is 2.71. The maximum Gasteiger partial charge on any atom is 0.332 e. The smallest absolute Gasteiger partial charge is 0.325 e. The minimum atomic E-state index is -0.493. The molecule has 10 heteroatoms. The molecule has 0 atom stereocenters. The topological polar surface area (TPSA) is 98.9 Å². The lowest BCUT2D eigenvalue weighted by Gasteiger charge is -2.19. The van der Waals surface area contributed by atoms with Gasteiger partial charge in [-0.15, -0.1) is 0 Å². The molecule has 1 aromatic carbocycles. The van der Waals surface area contributed by atoms with Crippen LogP contribution in [0.1, 0.15) is 32.2 Å². The number of rotatable bonds is 4. The molecule has 0 aliphatic carbocycles. The molecule has 0 saturated carbocycles. The Bertz CT molecular complexity index is 1310. The summed E-state index contributed by atoms with van der Waals surface area (Å²) in [4.78, 5) is 46.9. The highest BCUT2D eigenvalue weighted by molar-refractivity contribution is 8.00. The zero-order valence-electron chi connectivity index (χ0n) is 18.2. The molecule has 8 nitrogen and oxygen atoms in total. The normalized spacial score (nSPS) is 11.7. The summed E-state index contributed by atoms with van der Waals surface area (Å²) >= 11 is 7.25. The van der Waals surface area contributed by atoms with Gasteiger partial charge in [0, 0.05) is 30.2 Å². The molecule has 1 amide bonds. The minimum Gasteiger partial charge on any atom is -0.325 e. The molecule has 2 aromatic heterocycles. The Morgan fingerprint density at radius 1 is 1.16 bits per heavy atom. The summed E-state index contributed by atoms with van der Waals surface area (Å²) < 4.78 is 2.34. The number of carbonyl (C=O) groups excluding carboxylic acids is 1. The van der Waals surface area contributed by atoms with Crippen molar-refractivity contribution in [1.82, 2.24) is 19.1 Å². The molecular weight excluding hydrogens is 438 g/mol. The van der Waals surface area contributed by atoms with Crippen molar-refractivity contribution in [2.24, 2.45) is 14.1 Å². The molecule has 0 radical (unpaired) electrons. The number of fused-ring (bicyclic) bond motifs is 1. The summed E-state index contributed by atoms with van der Waals surface area (Å²) in [5.41, 5.74) is 0.268. The van der Waals surface area contributed by atoms with Gasteiger partial charge in [0.2, 0.25) is 5.91 Å². The molecule has 3 aromatic rings. The van der Waals surface area contributed by atoms with Gasteiger partial charge in [-0.1, -0.05) is 50.2 Å². The van der Waals surface area contributed by atoms with E-state index in [0.717, 1.165) is 21.9 Å². The largest absolute Gasteiger partial charge is 0.332 e. The molecule has 2 heterocycles. The summed E-state index contributed by atoms with van der Waals surface area (Å²) in [7, 11) is 2.97. The first-order valence-electron chi connectivity index (χ1n) is 9.58. The summed E-state index contributed by atoms with van der Waals surface area (Å²) in [6.45, 7) is 7.64. The van der Waals surface area contributed by atoms with Crippen LogP contribution < -0.4 is 16.6 Å². The van der Waals surface area contributed by atoms with E-state index >= 15 is 0 Å². The molecule has 31 heavy (non-hydrogen) atoms. The first-order valence-corrected chi connectivity index (χ1v) is 10.9. The molecule has 0 aliphatic heterocycles. The lowest BCUT2D eigenvalue weighted by atomic mass is 9.96. The van der Waals surface area contributed by atoms with Crippen molar-refractivity contribution in [3.8, 4) is 0 Å². The predicted molar refractivity (Wildman–Crippen MR) is 124 cm³/mol. The Morgan fingerprint density at radius 2 is 1.84 bits per heavy atom. The standard InChI is InChI=1S/C21H24ClN5O3S/c1-11-12(22)8-7-9-13(11)23-14(28)10-31-17-15-16(24-19(25-17)21(2,3)4)26(5)20(30)27(6)18(15)29/h7-9H,10H2,1-6H3,(H,23,28). The fourth-order valence-electron chi connectivity index (χ4n) is 2.93. The van der Waals surface area contributed by atoms with Crippen LogP contribution in [0.15, 0.2) is 32.8 Å². The van der Waals surface area contributed by atoms with Crippen LogP contribution in [-0.4, -0.2) is 30.8 Å². The van der Waals surface area contributed by atoms with Crippen LogP contribution in [0.2, 0.25) is 5.02 Å². The van der Waals surface area contributed by atoms with Crippen LogP contribution in [0.4, 0.5) is 5.69 Å². The lowest BCUT2D eigenvalue weighted by Crippen LogP contribution is -2.38. The van der Waals surface area contributed by atoms with Crippen molar-refractivity contribution in [3.05, 3.63) is 55.4 Å². The highest BCUT2D eigenvalue weighted by Crippen LogP contribution is 2.28. The van der Waals surface area contributed by atoms with Crippen molar-refractivity contribution in [2.45, 2.75) is 38.1 Å². The van der Waals surface area contributed by atoms with E-state index in [-0.39, 0.29) is 22.7 Å². The van der Waals surface area contributed by atoms with Crippen LogP contribution >= 0.6 is 23.4 Å². The molecular formula is C21H24ClN5O3S. The minimum absolute atomic E-state index is 0.0215. The van der Waals surface area contributed by atoms with Crippen LogP contribution in [0.5, 0.6) is 0 Å². The van der Waals surface area contributed by atoms with E-state index < -0.39 is 16.7 Å². The van der Waals surface area contributed by atoms with Gasteiger partial charge in [-0.2, -0.15) is 0 Å². The van der Waals surface area contributed by atoms with Crippen LogP contribution in [-0.2, 0) is 24.3 Å². The molecule has 0 spiro atoms.